The van der Waals surface area contributed by atoms with Crippen LogP contribution in [0.4, 0.5) is 0 Å². The summed E-state index contributed by atoms with van der Waals surface area (Å²) in [7, 11) is 0. The van der Waals surface area contributed by atoms with Gasteiger partial charge in [-0.25, -0.2) is 4.79 Å². The Morgan fingerprint density at radius 1 is 1.67 bits per heavy atom. The number of rotatable bonds is 3. The number of hydrogen-bond donors (Lipinski definition) is 4. The van der Waals surface area contributed by atoms with Gasteiger partial charge in [-0.1, -0.05) is 0 Å². The zero-order valence-electron chi connectivity index (χ0n) is 8.28. The molecule has 0 bridgehead atoms. The highest BCUT2D eigenvalue weighted by Gasteiger charge is 2.01. The maximum Gasteiger partial charge on any atom is 0.328 e. The fourth-order valence-corrected chi connectivity index (χ4v) is 1.09. The molecule has 15 heavy (non-hydrogen) atoms. The van der Waals surface area contributed by atoms with Crippen molar-refractivity contribution in [2.45, 2.75) is 13.5 Å². The molecule has 7 nitrogen and oxygen atoms in total. The van der Waals surface area contributed by atoms with E-state index in [1.54, 1.807) is 6.92 Å². The first kappa shape index (κ1) is 11.1. The van der Waals surface area contributed by atoms with E-state index in [0.717, 1.165) is 0 Å². The molecule has 0 saturated carbocycles. The Kier molecular flexibility index (Phi) is 3.29. The molecule has 0 aliphatic carbocycles. The Balaban J connectivity index is 3.06. The van der Waals surface area contributed by atoms with Crippen molar-refractivity contribution >= 4 is 0 Å². The molecule has 82 valence electrons. The third kappa shape index (κ3) is 2.71. The normalized spacial score (nSPS) is 11.5. The van der Waals surface area contributed by atoms with Crippen LogP contribution in [0.25, 0.3) is 0 Å². The highest BCUT2D eigenvalue weighted by molar-refractivity contribution is 5.03. The lowest BCUT2D eigenvalue weighted by Gasteiger charge is -2.05. The standard InChI is InChI=1S/C8H13N5O2/c1-5-3-13(4-6(9)2-11-10)8(15)12-7(5)14/h2-3,11H,4,9-10H2,1H3,(H,12,14,15)/b6-2-. The van der Waals surface area contributed by atoms with Crippen LogP contribution in [0.2, 0.25) is 0 Å². The van der Waals surface area contributed by atoms with Gasteiger partial charge in [0.05, 0.1) is 6.54 Å². The molecule has 1 heterocycles. The lowest BCUT2D eigenvalue weighted by molar-refractivity contribution is 0.692. The SMILES string of the molecule is Cc1cn(C/C(N)=C/NN)c(=O)[nH]c1=O. The predicted octanol–water partition coefficient (Wildman–Crippen LogP) is -1.89. The molecule has 0 atom stereocenters. The highest BCUT2D eigenvalue weighted by atomic mass is 16.2. The van der Waals surface area contributed by atoms with Crippen molar-refractivity contribution in [3.63, 3.8) is 0 Å². The monoisotopic (exact) mass is 211 g/mol. The number of hydrogen-bond acceptors (Lipinski definition) is 5. The smallest absolute Gasteiger partial charge is 0.328 e. The summed E-state index contributed by atoms with van der Waals surface area (Å²) in [6.07, 6.45) is 2.81. The zero-order valence-corrected chi connectivity index (χ0v) is 8.28. The first-order valence-corrected chi connectivity index (χ1v) is 4.25. The number of H-pyrrole nitrogens is 1. The van der Waals surface area contributed by atoms with E-state index >= 15 is 0 Å². The van der Waals surface area contributed by atoms with Gasteiger partial charge in [-0.3, -0.25) is 20.2 Å². The fraction of sp³-hybridized carbons (Fsp3) is 0.250. The van der Waals surface area contributed by atoms with Crippen LogP contribution < -0.4 is 28.3 Å². The van der Waals surface area contributed by atoms with E-state index in [2.05, 4.69) is 10.4 Å². The van der Waals surface area contributed by atoms with Gasteiger partial charge in [0.25, 0.3) is 5.56 Å². The van der Waals surface area contributed by atoms with Crippen molar-refractivity contribution < 1.29 is 0 Å². The summed E-state index contributed by atoms with van der Waals surface area (Å²) in [6, 6.07) is 0. The number of aromatic nitrogens is 2. The topological polar surface area (TPSA) is 119 Å². The third-order valence-electron chi connectivity index (χ3n) is 1.81. The molecule has 0 aliphatic heterocycles. The molecular weight excluding hydrogens is 198 g/mol. The highest BCUT2D eigenvalue weighted by Crippen LogP contribution is 1.89. The summed E-state index contributed by atoms with van der Waals surface area (Å²) < 4.78 is 1.29. The van der Waals surface area contributed by atoms with Gasteiger partial charge in [0, 0.05) is 23.7 Å². The Morgan fingerprint density at radius 2 is 2.33 bits per heavy atom. The van der Waals surface area contributed by atoms with E-state index in [-0.39, 0.29) is 6.54 Å². The van der Waals surface area contributed by atoms with Crippen molar-refractivity contribution in [1.29, 1.82) is 0 Å². The Morgan fingerprint density at radius 3 is 2.93 bits per heavy atom. The number of allylic oxidation sites excluding steroid dienone is 1. The van der Waals surface area contributed by atoms with Crippen LogP contribution in [0.1, 0.15) is 5.56 Å². The van der Waals surface area contributed by atoms with Gasteiger partial charge in [-0.15, -0.1) is 0 Å². The van der Waals surface area contributed by atoms with Gasteiger partial charge in [-0.05, 0) is 6.92 Å². The van der Waals surface area contributed by atoms with Crippen molar-refractivity contribution in [1.82, 2.24) is 15.0 Å². The number of hydrazine groups is 1. The van der Waals surface area contributed by atoms with Gasteiger partial charge in [0.15, 0.2) is 0 Å². The van der Waals surface area contributed by atoms with Crippen LogP contribution in [0.3, 0.4) is 0 Å². The quantitative estimate of drug-likeness (QED) is 0.344. The molecule has 0 amide bonds. The van der Waals surface area contributed by atoms with Crippen LogP contribution in [-0.4, -0.2) is 9.55 Å². The van der Waals surface area contributed by atoms with E-state index < -0.39 is 11.2 Å². The van der Waals surface area contributed by atoms with Crippen LogP contribution in [0.5, 0.6) is 0 Å². The number of aryl methyl sites for hydroxylation is 1. The van der Waals surface area contributed by atoms with Crippen molar-refractivity contribution in [3.05, 3.63) is 44.5 Å². The number of nitrogens with one attached hydrogen (secondary N) is 2. The summed E-state index contributed by atoms with van der Waals surface area (Å²) in [5.41, 5.74) is 7.73. The molecule has 0 spiro atoms. The average Bonchev–Trinajstić information content (AvgIpc) is 2.14. The second-order valence-electron chi connectivity index (χ2n) is 3.09. The molecule has 0 radical (unpaired) electrons. The third-order valence-corrected chi connectivity index (χ3v) is 1.81. The number of nitrogens with zero attached hydrogens (tertiary/aromatic N) is 1. The second-order valence-corrected chi connectivity index (χ2v) is 3.09. The molecule has 1 rings (SSSR count). The average molecular weight is 211 g/mol. The zero-order chi connectivity index (χ0) is 11.4. The number of aromatic amines is 1. The van der Waals surface area contributed by atoms with Gasteiger partial charge < -0.3 is 11.2 Å². The summed E-state index contributed by atoms with van der Waals surface area (Å²) in [5.74, 6) is 5.02. The van der Waals surface area contributed by atoms with Gasteiger partial charge in [-0.2, -0.15) is 0 Å². The Labute approximate surface area is 85.4 Å². The second kappa shape index (κ2) is 4.47. The fourth-order valence-electron chi connectivity index (χ4n) is 1.09. The maximum atomic E-state index is 11.3. The molecule has 0 aromatic carbocycles. The van der Waals surface area contributed by atoms with E-state index in [0.29, 0.717) is 11.3 Å². The van der Waals surface area contributed by atoms with E-state index in [1.165, 1.54) is 17.0 Å². The minimum absolute atomic E-state index is 0.167. The van der Waals surface area contributed by atoms with Crippen LogP contribution in [0.15, 0.2) is 27.7 Å². The summed E-state index contributed by atoms with van der Waals surface area (Å²) >= 11 is 0. The first-order valence-electron chi connectivity index (χ1n) is 4.25. The maximum absolute atomic E-state index is 11.3. The van der Waals surface area contributed by atoms with E-state index in [9.17, 15) is 9.59 Å². The molecular formula is C8H13N5O2. The van der Waals surface area contributed by atoms with Crippen molar-refractivity contribution in [2.24, 2.45) is 11.6 Å². The van der Waals surface area contributed by atoms with Gasteiger partial charge in [0.1, 0.15) is 0 Å². The minimum atomic E-state index is -0.501. The molecule has 0 unspecified atom stereocenters. The largest absolute Gasteiger partial charge is 0.399 e. The van der Waals surface area contributed by atoms with Crippen LogP contribution >= 0.6 is 0 Å². The van der Waals surface area contributed by atoms with E-state index in [1.807, 2.05) is 0 Å². The van der Waals surface area contributed by atoms with Gasteiger partial charge in [0.2, 0.25) is 0 Å². The summed E-state index contributed by atoms with van der Waals surface area (Å²) in [6.45, 7) is 1.77. The molecule has 7 heteroatoms. The number of nitrogens with two attached hydrogens (primary N) is 2. The van der Waals surface area contributed by atoms with E-state index in [4.69, 9.17) is 11.6 Å². The molecule has 0 aliphatic rings. The summed E-state index contributed by atoms with van der Waals surface area (Å²) in [5, 5.41) is 0. The summed E-state index contributed by atoms with van der Waals surface area (Å²) in [4.78, 5) is 24.5. The van der Waals surface area contributed by atoms with Gasteiger partial charge >= 0.3 is 5.69 Å². The lowest BCUT2D eigenvalue weighted by atomic mass is 10.4. The van der Waals surface area contributed by atoms with Crippen molar-refractivity contribution in [2.75, 3.05) is 0 Å². The molecule has 1 aromatic heterocycles. The molecule has 6 N–H and O–H groups in total. The minimum Gasteiger partial charge on any atom is -0.399 e. The predicted molar refractivity (Wildman–Crippen MR) is 55.7 cm³/mol. The van der Waals surface area contributed by atoms with Crippen LogP contribution in [-0.2, 0) is 6.54 Å². The molecule has 0 fully saturated rings. The Hall–Kier alpha value is -2.02. The molecule has 0 saturated heterocycles. The first-order chi connectivity index (χ1) is 7.04. The van der Waals surface area contributed by atoms with Crippen molar-refractivity contribution in [3.8, 4) is 0 Å². The lowest BCUT2D eigenvalue weighted by Crippen LogP contribution is -2.32. The Bertz CT molecular complexity index is 485. The van der Waals surface area contributed by atoms with Crippen LogP contribution in [0, 0.1) is 6.92 Å². The molecule has 1 aromatic rings.